The number of carbonyl (C=O) groups is 2. The summed E-state index contributed by atoms with van der Waals surface area (Å²) < 4.78 is 5.64. The first kappa shape index (κ1) is 18.4. The van der Waals surface area contributed by atoms with E-state index in [0.717, 1.165) is 5.56 Å². The van der Waals surface area contributed by atoms with E-state index in [-0.39, 0.29) is 29.4 Å². The molecule has 0 unspecified atom stereocenters. The number of nitrogens with zero attached hydrogens (tertiary/aromatic N) is 1. The van der Waals surface area contributed by atoms with E-state index in [0.29, 0.717) is 13.1 Å². The molecule has 2 aromatic rings. The number of amides is 2. The van der Waals surface area contributed by atoms with Crippen LogP contribution in [0.5, 0.6) is 5.75 Å². The van der Waals surface area contributed by atoms with Gasteiger partial charge in [0.15, 0.2) is 11.4 Å². The van der Waals surface area contributed by atoms with Gasteiger partial charge in [0, 0.05) is 32.3 Å². The van der Waals surface area contributed by atoms with Crippen molar-refractivity contribution in [1.82, 2.24) is 15.2 Å². The van der Waals surface area contributed by atoms with Crippen molar-refractivity contribution >= 4 is 11.8 Å². The number of ether oxygens (including phenoxy) is 1. The molecule has 1 aliphatic rings. The van der Waals surface area contributed by atoms with Crippen LogP contribution in [0.3, 0.4) is 0 Å². The number of nitrogens with one attached hydrogen (secondary N) is 2. The van der Waals surface area contributed by atoms with Crippen LogP contribution >= 0.6 is 0 Å². The molecule has 1 aromatic carbocycles. The SMILES string of the molecule is C=CC1(NC(=O)c2[nH]ccc(=O)c2OCc2ccccc2)CN(C(C)=O)C1. The summed E-state index contributed by atoms with van der Waals surface area (Å²) >= 11 is 0. The maximum atomic E-state index is 12.8. The number of likely N-dealkylation sites (tertiary alicyclic amines) is 1. The molecule has 0 aliphatic carbocycles. The number of benzene rings is 1. The molecular weight excluding hydrogens is 346 g/mol. The second kappa shape index (κ2) is 7.49. The van der Waals surface area contributed by atoms with E-state index in [4.69, 9.17) is 4.74 Å². The number of carbonyl (C=O) groups excluding carboxylic acids is 2. The first-order valence-electron chi connectivity index (χ1n) is 8.54. The molecule has 7 nitrogen and oxygen atoms in total. The molecule has 0 bridgehead atoms. The van der Waals surface area contributed by atoms with Crippen LogP contribution in [0, 0.1) is 0 Å². The van der Waals surface area contributed by atoms with E-state index in [1.54, 1.807) is 11.0 Å². The monoisotopic (exact) mass is 367 g/mol. The Labute approximate surface area is 156 Å². The molecule has 1 aromatic heterocycles. The molecular formula is C20H21N3O4. The minimum absolute atomic E-state index is 0.0409. The van der Waals surface area contributed by atoms with Crippen molar-refractivity contribution < 1.29 is 14.3 Å². The van der Waals surface area contributed by atoms with E-state index < -0.39 is 11.4 Å². The maximum absolute atomic E-state index is 12.8. The Bertz CT molecular complexity index is 914. The lowest BCUT2D eigenvalue weighted by molar-refractivity contribution is -0.135. The molecule has 0 radical (unpaired) electrons. The third-order valence-corrected chi connectivity index (χ3v) is 4.51. The normalized spacial score (nSPS) is 14.8. The van der Waals surface area contributed by atoms with Crippen molar-refractivity contribution in [2.75, 3.05) is 13.1 Å². The lowest BCUT2D eigenvalue weighted by Crippen LogP contribution is -2.70. The van der Waals surface area contributed by atoms with Gasteiger partial charge >= 0.3 is 0 Å². The van der Waals surface area contributed by atoms with Crippen LogP contribution in [0.15, 0.2) is 60.0 Å². The number of hydrogen-bond donors (Lipinski definition) is 2. The first-order valence-corrected chi connectivity index (χ1v) is 8.54. The molecule has 1 saturated heterocycles. The van der Waals surface area contributed by atoms with Gasteiger partial charge in [-0.05, 0) is 5.56 Å². The summed E-state index contributed by atoms with van der Waals surface area (Å²) in [7, 11) is 0. The Morgan fingerprint density at radius 2 is 2.00 bits per heavy atom. The molecule has 7 heteroatoms. The van der Waals surface area contributed by atoms with Crippen molar-refractivity contribution in [3.63, 3.8) is 0 Å². The smallest absolute Gasteiger partial charge is 0.272 e. The fourth-order valence-electron chi connectivity index (χ4n) is 2.91. The van der Waals surface area contributed by atoms with Gasteiger partial charge in [0.2, 0.25) is 11.3 Å². The van der Waals surface area contributed by atoms with Gasteiger partial charge in [0.05, 0.1) is 5.54 Å². The maximum Gasteiger partial charge on any atom is 0.272 e. The molecule has 2 amide bonds. The van der Waals surface area contributed by atoms with Gasteiger partial charge in [-0.3, -0.25) is 14.4 Å². The number of H-pyrrole nitrogens is 1. The van der Waals surface area contributed by atoms with Crippen LogP contribution in [-0.4, -0.2) is 40.3 Å². The van der Waals surface area contributed by atoms with Crippen LogP contribution in [-0.2, 0) is 11.4 Å². The molecule has 1 aliphatic heterocycles. The fourth-order valence-corrected chi connectivity index (χ4v) is 2.91. The first-order chi connectivity index (χ1) is 12.9. The fraction of sp³-hybridized carbons (Fsp3) is 0.250. The Balaban J connectivity index is 1.77. The summed E-state index contributed by atoms with van der Waals surface area (Å²) in [6.45, 7) is 6.08. The zero-order valence-corrected chi connectivity index (χ0v) is 15.0. The van der Waals surface area contributed by atoms with Gasteiger partial charge in [0.25, 0.3) is 5.91 Å². The zero-order valence-electron chi connectivity index (χ0n) is 15.0. The molecule has 27 heavy (non-hydrogen) atoms. The van der Waals surface area contributed by atoms with Crippen LogP contribution < -0.4 is 15.5 Å². The quantitative estimate of drug-likeness (QED) is 0.757. The van der Waals surface area contributed by atoms with Gasteiger partial charge in [-0.2, -0.15) is 0 Å². The van der Waals surface area contributed by atoms with Crippen molar-refractivity contribution in [3.05, 3.63) is 76.7 Å². The summed E-state index contributed by atoms with van der Waals surface area (Å²) in [5, 5.41) is 2.85. The molecule has 2 heterocycles. The Morgan fingerprint density at radius 1 is 1.30 bits per heavy atom. The van der Waals surface area contributed by atoms with Gasteiger partial charge in [-0.25, -0.2) is 0 Å². The Kier molecular flexibility index (Phi) is 5.12. The lowest BCUT2D eigenvalue weighted by Gasteiger charge is -2.48. The standard InChI is InChI=1S/C20H21N3O4/c1-3-20(12-23(13-20)14(2)24)22-19(26)17-18(16(25)9-10-21-17)27-11-15-7-5-4-6-8-15/h3-10H,1,11-13H2,2H3,(H,21,25)(H,22,26). The topological polar surface area (TPSA) is 91.5 Å². The molecule has 0 spiro atoms. The Morgan fingerprint density at radius 3 is 2.63 bits per heavy atom. The second-order valence-electron chi connectivity index (χ2n) is 6.51. The minimum atomic E-state index is -0.716. The van der Waals surface area contributed by atoms with E-state index >= 15 is 0 Å². The highest BCUT2D eigenvalue weighted by atomic mass is 16.5. The molecule has 2 N–H and O–H groups in total. The van der Waals surface area contributed by atoms with Gasteiger partial charge in [-0.1, -0.05) is 36.4 Å². The third kappa shape index (κ3) is 3.92. The minimum Gasteiger partial charge on any atom is -0.483 e. The van der Waals surface area contributed by atoms with Crippen LogP contribution in [0.1, 0.15) is 23.0 Å². The largest absolute Gasteiger partial charge is 0.483 e. The Hall–Kier alpha value is -3.35. The average molecular weight is 367 g/mol. The summed E-state index contributed by atoms with van der Waals surface area (Å²) in [6, 6.07) is 10.7. The van der Waals surface area contributed by atoms with Gasteiger partial charge in [0.1, 0.15) is 6.61 Å². The molecule has 0 saturated carbocycles. The highest BCUT2D eigenvalue weighted by Crippen LogP contribution is 2.23. The molecule has 0 atom stereocenters. The van der Waals surface area contributed by atoms with Crippen LogP contribution in [0.4, 0.5) is 0 Å². The summed E-state index contributed by atoms with van der Waals surface area (Å²) in [4.78, 5) is 40.8. The molecule has 3 rings (SSSR count). The number of rotatable bonds is 6. The number of pyridine rings is 1. The average Bonchev–Trinajstić information content (AvgIpc) is 2.63. The van der Waals surface area contributed by atoms with E-state index in [2.05, 4.69) is 16.9 Å². The predicted molar refractivity (Wildman–Crippen MR) is 100 cm³/mol. The lowest BCUT2D eigenvalue weighted by atomic mass is 9.89. The van der Waals surface area contributed by atoms with Crippen molar-refractivity contribution in [2.24, 2.45) is 0 Å². The molecule has 1 fully saturated rings. The number of aromatic amines is 1. The van der Waals surface area contributed by atoms with Crippen molar-refractivity contribution in [3.8, 4) is 5.75 Å². The second-order valence-corrected chi connectivity index (χ2v) is 6.51. The van der Waals surface area contributed by atoms with Gasteiger partial charge < -0.3 is 19.9 Å². The van der Waals surface area contributed by atoms with E-state index in [1.807, 2.05) is 30.3 Å². The van der Waals surface area contributed by atoms with E-state index in [9.17, 15) is 14.4 Å². The summed E-state index contributed by atoms with van der Waals surface area (Å²) in [6.07, 6.45) is 3.01. The third-order valence-electron chi connectivity index (χ3n) is 4.51. The van der Waals surface area contributed by atoms with Crippen molar-refractivity contribution in [2.45, 2.75) is 19.1 Å². The highest BCUT2D eigenvalue weighted by Gasteiger charge is 2.43. The number of aromatic nitrogens is 1. The van der Waals surface area contributed by atoms with Crippen LogP contribution in [0.2, 0.25) is 0 Å². The highest BCUT2D eigenvalue weighted by molar-refractivity contribution is 5.95. The summed E-state index contributed by atoms with van der Waals surface area (Å²) in [5.41, 5.74) is -0.181. The van der Waals surface area contributed by atoms with Gasteiger partial charge in [-0.15, -0.1) is 6.58 Å². The summed E-state index contributed by atoms with van der Waals surface area (Å²) in [5.74, 6) is -0.596. The van der Waals surface area contributed by atoms with Crippen LogP contribution in [0.25, 0.3) is 0 Å². The predicted octanol–water partition coefficient (Wildman–Crippen LogP) is 1.47. The molecule has 140 valence electrons. The number of hydrogen-bond acceptors (Lipinski definition) is 4. The van der Waals surface area contributed by atoms with E-state index in [1.165, 1.54) is 19.2 Å². The zero-order chi connectivity index (χ0) is 19.4. The van der Waals surface area contributed by atoms with Crippen molar-refractivity contribution in [1.29, 1.82) is 0 Å².